The molecule has 0 aromatic heterocycles. The molecule has 0 aromatic rings. The number of unbranched alkanes of at least 4 members (excludes halogenated alkanes) is 1. The molecule has 17 heavy (non-hydrogen) atoms. The topological polar surface area (TPSA) is 24.5 Å². The smallest absolute Gasteiger partial charge is 0.0466 e. The van der Waals surface area contributed by atoms with Crippen molar-refractivity contribution in [2.75, 3.05) is 45.9 Å². The Morgan fingerprint density at radius 3 is 2.47 bits per heavy atom. The van der Waals surface area contributed by atoms with Gasteiger partial charge in [0.05, 0.1) is 0 Å². The predicted octanol–water partition coefficient (Wildman–Crippen LogP) is 2.27. The molecule has 1 rings (SSSR count). The molecule has 102 valence electrons. The maximum absolute atomic E-state index is 5.31. The molecule has 3 heteroatoms. The van der Waals surface area contributed by atoms with Crippen LogP contribution in [-0.4, -0.2) is 50.8 Å². The molecule has 0 aromatic carbocycles. The molecule has 0 spiro atoms. The average molecular weight is 242 g/mol. The van der Waals surface area contributed by atoms with E-state index in [1.54, 1.807) is 0 Å². The van der Waals surface area contributed by atoms with Gasteiger partial charge in [0.25, 0.3) is 0 Å². The summed E-state index contributed by atoms with van der Waals surface area (Å²) in [6.45, 7) is 9.96. The first kappa shape index (κ1) is 14.9. The van der Waals surface area contributed by atoms with Crippen molar-refractivity contribution >= 4 is 0 Å². The summed E-state index contributed by atoms with van der Waals surface area (Å²) < 4.78 is 5.31. The second-order valence-electron chi connectivity index (χ2n) is 4.91. The summed E-state index contributed by atoms with van der Waals surface area (Å²) in [6, 6.07) is 0. The van der Waals surface area contributed by atoms with Crippen LogP contribution >= 0.6 is 0 Å². The van der Waals surface area contributed by atoms with Gasteiger partial charge in [-0.25, -0.2) is 0 Å². The lowest BCUT2D eigenvalue weighted by atomic mass is 10.2. The summed E-state index contributed by atoms with van der Waals surface area (Å²) in [5, 5.41) is 3.53. The largest absolute Gasteiger partial charge is 0.382 e. The molecular weight excluding hydrogens is 212 g/mol. The third kappa shape index (κ3) is 8.58. The van der Waals surface area contributed by atoms with E-state index in [4.69, 9.17) is 4.74 Å². The van der Waals surface area contributed by atoms with Gasteiger partial charge in [-0.3, -0.25) is 0 Å². The number of hydrogen-bond acceptors (Lipinski definition) is 3. The Kier molecular flexibility index (Phi) is 9.66. The molecule has 1 aliphatic rings. The van der Waals surface area contributed by atoms with Crippen LogP contribution in [0.1, 0.15) is 45.4 Å². The van der Waals surface area contributed by atoms with Crippen LogP contribution in [0.25, 0.3) is 0 Å². The van der Waals surface area contributed by atoms with Crippen molar-refractivity contribution < 1.29 is 4.74 Å². The maximum atomic E-state index is 5.31. The minimum absolute atomic E-state index is 0.850. The molecule has 0 saturated carbocycles. The van der Waals surface area contributed by atoms with Gasteiger partial charge in [0.1, 0.15) is 0 Å². The monoisotopic (exact) mass is 242 g/mol. The van der Waals surface area contributed by atoms with Gasteiger partial charge < -0.3 is 15.0 Å². The molecule has 1 N–H and O–H groups in total. The van der Waals surface area contributed by atoms with Crippen LogP contribution in [0, 0.1) is 0 Å². The zero-order valence-electron chi connectivity index (χ0n) is 11.5. The van der Waals surface area contributed by atoms with E-state index in [1.165, 1.54) is 58.2 Å². The fraction of sp³-hybridized carbons (Fsp3) is 1.00. The van der Waals surface area contributed by atoms with Gasteiger partial charge in [-0.15, -0.1) is 0 Å². The van der Waals surface area contributed by atoms with Crippen LogP contribution in [0.5, 0.6) is 0 Å². The van der Waals surface area contributed by atoms with E-state index in [0.29, 0.717) is 0 Å². The quantitative estimate of drug-likeness (QED) is 0.628. The third-order valence-corrected chi connectivity index (χ3v) is 3.40. The maximum Gasteiger partial charge on any atom is 0.0466 e. The van der Waals surface area contributed by atoms with Gasteiger partial charge in [-0.05, 0) is 52.2 Å². The summed E-state index contributed by atoms with van der Waals surface area (Å²) >= 11 is 0. The molecule has 0 unspecified atom stereocenters. The number of hydrogen-bond donors (Lipinski definition) is 1. The first-order chi connectivity index (χ1) is 8.43. The van der Waals surface area contributed by atoms with Crippen molar-refractivity contribution in [3.05, 3.63) is 0 Å². The van der Waals surface area contributed by atoms with Gasteiger partial charge in [0.2, 0.25) is 0 Å². The fourth-order valence-corrected chi connectivity index (χ4v) is 2.32. The van der Waals surface area contributed by atoms with Crippen LogP contribution in [0.2, 0.25) is 0 Å². The van der Waals surface area contributed by atoms with Crippen LogP contribution in [0.4, 0.5) is 0 Å². The minimum Gasteiger partial charge on any atom is -0.382 e. The fourth-order valence-electron chi connectivity index (χ4n) is 2.32. The molecule has 0 atom stereocenters. The van der Waals surface area contributed by atoms with Crippen molar-refractivity contribution in [1.82, 2.24) is 10.2 Å². The second-order valence-corrected chi connectivity index (χ2v) is 4.91. The zero-order chi connectivity index (χ0) is 12.2. The van der Waals surface area contributed by atoms with Gasteiger partial charge in [-0.1, -0.05) is 12.8 Å². The molecule has 0 amide bonds. The van der Waals surface area contributed by atoms with Crippen molar-refractivity contribution in [1.29, 1.82) is 0 Å². The molecule has 1 aliphatic heterocycles. The second kappa shape index (κ2) is 11.0. The number of ether oxygens (including phenoxy) is 1. The molecule has 0 aliphatic carbocycles. The van der Waals surface area contributed by atoms with E-state index < -0.39 is 0 Å². The molecule has 0 radical (unpaired) electrons. The predicted molar refractivity (Wildman–Crippen MR) is 73.5 cm³/mol. The molecule has 1 heterocycles. The highest BCUT2D eigenvalue weighted by Crippen LogP contribution is 2.08. The SMILES string of the molecule is CCOCCCCNCCN1CCCCCC1. The van der Waals surface area contributed by atoms with Crippen LogP contribution in [0.15, 0.2) is 0 Å². The highest BCUT2D eigenvalue weighted by atomic mass is 16.5. The summed E-state index contributed by atoms with van der Waals surface area (Å²) in [6.07, 6.45) is 8.08. The standard InChI is InChI=1S/C14H30N2O/c1-2-17-14-8-5-9-15-10-13-16-11-6-3-4-7-12-16/h15H,2-14H2,1H3. The Morgan fingerprint density at radius 1 is 1.00 bits per heavy atom. The number of nitrogens with one attached hydrogen (secondary N) is 1. The van der Waals surface area contributed by atoms with Gasteiger partial charge in [0.15, 0.2) is 0 Å². The molecule has 1 saturated heterocycles. The van der Waals surface area contributed by atoms with E-state index in [2.05, 4.69) is 17.1 Å². The molecular formula is C14H30N2O. The molecule has 1 fully saturated rings. The highest BCUT2D eigenvalue weighted by molar-refractivity contribution is 4.64. The van der Waals surface area contributed by atoms with E-state index >= 15 is 0 Å². The minimum atomic E-state index is 0.850. The van der Waals surface area contributed by atoms with E-state index in [0.717, 1.165) is 26.3 Å². The summed E-state index contributed by atoms with van der Waals surface area (Å²) in [5.74, 6) is 0. The van der Waals surface area contributed by atoms with Crippen LogP contribution < -0.4 is 5.32 Å². The van der Waals surface area contributed by atoms with E-state index in [-0.39, 0.29) is 0 Å². The Hall–Kier alpha value is -0.120. The molecule has 3 nitrogen and oxygen atoms in total. The van der Waals surface area contributed by atoms with Crippen LogP contribution in [0.3, 0.4) is 0 Å². The van der Waals surface area contributed by atoms with Gasteiger partial charge in [-0.2, -0.15) is 0 Å². The van der Waals surface area contributed by atoms with E-state index in [9.17, 15) is 0 Å². The highest BCUT2D eigenvalue weighted by Gasteiger charge is 2.07. The van der Waals surface area contributed by atoms with Gasteiger partial charge in [0, 0.05) is 26.3 Å². The summed E-state index contributed by atoms with van der Waals surface area (Å²) in [4.78, 5) is 2.61. The zero-order valence-corrected chi connectivity index (χ0v) is 11.5. The van der Waals surface area contributed by atoms with Crippen LogP contribution in [-0.2, 0) is 4.74 Å². The molecule has 0 bridgehead atoms. The lowest BCUT2D eigenvalue weighted by molar-refractivity contribution is 0.143. The first-order valence-corrected chi connectivity index (χ1v) is 7.44. The summed E-state index contributed by atoms with van der Waals surface area (Å²) in [5.41, 5.74) is 0. The van der Waals surface area contributed by atoms with E-state index in [1.807, 2.05) is 0 Å². The van der Waals surface area contributed by atoms with Crippen molar-refractivity contribution in [3.8, 4) is 0 Å². The number of nitrogens with zero attached hydrogens (tertiary/aromatic N) is 1. The summed E-state index contributed by atoms with van der Waals surface area (Å²) in [7, 11) is 0. The lowest BCUT2D eigenvalue weighted by Gasteiger charge is -2.19. The Bertz CT molecular complexity index is 156. The Balaban J connectivity index is 1.82. The number of rotatable bonds is 9. The number of likely N-dealkylation sites (tertiary alicyclic amines) is 1. The Morgan fingerprint density at radius 2 is 1.76 bits per heavy atom. The first-order valence-electron chi connectivity index (χ1n) is 7.44. The average Bonchev–Trinajstić information content (AvgIpc) is 2.61. The van der Waals surface area contributed by atoms with Gasteiger partial charge >= 0.3 is 0 Å². The third-order valence-electron chi connectivity index (χ3n) is 3.40. The van der Waals surface area contributed by atoms with Crippen molar-refractivity contribution in [3.63, 3.8) is 0 Å². The van der Waals surface area contributed by atoms with Crippen molar-refractivity contribution in [2.45, 2.75) is 45.4 Å². The normalized spacial score (nSPS) is 18.2. The lowest BCUT2D eigenvalue weighted by Crippen LogP contribution is -2.33. The van der Waals surface area contributed by atoms with Crippen molar-refractivity contribution in [2.24, 2.45) is 0 Å². The Labute approximate surface area is 107 Å².